The normalized spacial score (nSPS) is 10.4. The second kappa shape index (κ2) is 5.71. The maximum atomic E-state index is 11.6. The fraction of sp³-hybridized carbons (Fsp3) is 0.231. The van der Waals surface area contributed by atoms with Gasteiger partial charge in [0.15, 0.2) is 0 Å². The van der Waals surface area contributed by atoms with E-state index >= 15 is 0 Å². The number of nitrogens with zero attached hydrogens (tertiary/aromatic N) is 2. The van der Waals surface area contributed by atoms with Crippen molar-refractivity contribution in [3.63, 3.8) is 0 Å². The van der Waals surface area contributed by atoms with Gasteiger partial charge >= 0.3 is 5.69 Å². The zero-order valence-electron chi connectivity index (χ0n) is 10.6. The molecule has 6 heteroatoms. The number of rotatable bonds is 5. The van der Waals surface area contributed by atoms with Gasteiger partial charge < -0.3 is 15.0 Å². The van der Waals surface area contributed by atoms with Crippen LogP contribution in [0.2, 0.25) is 0 Å². The van der Waals surface area contributed by atoms with Crippen LogP contribution in [0.3, 0.4) is 0 Å². The third kappa shape index (κ3) is 3.03. The Labute approximate surface area is 116 Å². The van der Waals surface area contributed by atoms with Crippen LogP contribution in [0.5, 0.6) is 5.75 Å². The smallest absolute Gasteiger partial charge is 0.327 e. The van der Waals surface area contributed by atoms with Crippen molar-refractivity contribution < 1.29 is 4.74 Å². The van der Waals surface area contributed by atoms with Gasteiger partial charge in [-0.2, -0.15) is 0 Å². The van der Waals surface area contributed by atoms with Crippen molar-refractivity contribution in [1.82, 2.24) is 9.13 Å². The highest BCUT2D eigenvalue weighted by atomic mass is 32.1. The van der Waals surface area contributed by atoms with Crippen LogP contribution < -0.4 is 16.2 Å². The van der Waals surface area contributed by atoms with Gasteiger partial charge in [-0.3, -0.25) is 4.57 Å². The van der Waals surface area contributed by atoms with E-state index in [0.29, 0.717) is 29.5 Å². The van der Waals surface area contributed by atoms with Crippen molar-refractivity contribution in [2.45, 2.75) is 6.54 Å². The zero-order chi connectivity index (χ0) is 13.8. The number of benzene rings is 1. The van der Waals surface area contributed by atoms with Crippen LogP contribution in [-0.2, 0) is 13.6 Å². The van der Waals surface area contributed by atoms with Crippen molar-refractivity contribution in [2.75, 3.05) is 6.61 Å². The molecule has 0 saturated carbocycles. The summed E-state index contributed by atoms with van der Waals surface area (Å²) in [6.45, 7) is 0.856. The molecule has 1 heterocycles. The summed E-state index contributed by atoms with van der Waals surface area (Å²) in [6.07, 6.45) is 3.44. The van der Waals surface area contributed by atoms with Gasteiger partial charge in [0.25, 0.3) is 0 Å². The lowest BCUT2D eigenvalue weighted by Crippen LogP contribution is -2.24. The van der Waals surface area contributed by atoms with E-state index in [2.05, 4.69) is 0 Å². The number of nitrogens with two attached hydrogens (primary N) is 1. The molecule has 100 valence electrons. The van der Waals surface area contributed by atoms with E-state index in [-0.39, 0.29) is 5.69 Å². The van der Waals surface area contributed by atoms with Crippen molar-refractivity contribution in [1.29, 1.82) is 0 Å². The topological polar surface area (TPSA) is 62.2 Å². The first kappa shape index (κ1) is 13.4. The van der Waals surface area contributed by atoms with Gasteiger partial charge in [-0.25, -0.2) is 4.79 Å². The van der Waals surface area contributed by atoms with E-state index in [1.54, 1.807) is 24.0 Å². The Morgan fingerprint density at radius 3 is 2.74 bits per heavy atom. The molecule has 0 fully saturated rings. The van der Waals surface area contributed by atoms with Gasteiger partial charge in [-0.05, 0) is 12.1 Å². The van der Waals surface area contributed by atoms with Crippen molar-refractivity contribution in [2.24, 2.45) is 12.8 Å². The van der Waals surface area contributed by atoms with Crippen LogP contribution in [0.4, 0.5) is 0 Å². The number of aryl methyl sites for hydroxylation is 1. The third-order valence-corrected chi connectivity index (χ3v) is 2.98. The molecule has 19 heavy (non-hydrogen) atoms. The van der Waals surface area contributed by atoms with Gasteiger partial charge in [-0.15, -0.1) is 0 Å². The first-order valence-corrected chi connectivity index (χ1v) is 6.24. The maximum Gasteiger partial charge on any atom is 0.327 e. The predicted molar refractivity (Wildman–Crippen MR) is 77.5 cm³/mol. The Bertz CT molecular complexity index is 645. The molecular weight excluding hydrogens is 262 g/mol. The molecule has 2 N–H and O–H groups in total. The number of hydrogen-bond acceptors (Lipinski definition) is 3. The molecule has 0 unspecified atom stereocenters. The summed E-state index contributed by atoms with van der Waals surface area (Å²) < 4.78 is 8.73. The van der Waals surface area contributed by atoms with E-state index in [9.17, 15) is 4.79 Å². The number of thiocarbonyl (C=S) groups is 1. The van der Waals surface area contributed by atoms with Gasteiger partial charge in [0, 0.05) is 19.4 Å². The van der Waals surface area contributed by atoms with Crippen LogP contribution in [0.15, 0.2) is 41.5 Å². The Morgan fingerprint density at radius 1 is 1.37 bits per heavy atom. The monoisotopic (exact) mass is 277 g/mol. The average Bonchev–Trinajstić information content (AvgIpc) is 2.71. The summed E-state index contributed by atoms with van der Waals surface area (Å²) in [7, 11) is 1.71. The zero-order valence-corrected chi connectivity index (χ0v) is 11.4. The molecule has 0 aliphatic heterocycles. The quantitative estimate of drug-likeness (QED) is 0.825. The maximum absolute atomic E-state index is 11.6. The van der Waals surface area contributed by atoms with E-state index in [4.69, 9.17) is 22.7 Å². The average molecular weight is 277 g/mol. The minimum absolute atomic E-state index is 0.0637. The molecule has 0 radical (unpaired) electrons. The van der Waals surface area contributed by atoms with Crippen molar-refractivity contribution in [3.8, 4) is 5.75 Å². The lowest BCUT2D eigenvalue weighted by molar-refractivity contribution is 0.295. The molecule has 5 nitrogen and oxygen atoms in total. The molecule has 0 aliphatic carbocycles. The summed E-state index contributed by atoms with van der Waals surface area (Å²) in [5.74, 6) is 0.638. The molecular formula is C13H15N3O2S. The Balaban J connectivity index is 2.02. The Morgan fingerprint density at radius 2 is 2.11 bits per heavy atom. The van der Waals surface area contributed by atoms with Crippen LogP contribution in [0.1, 0.15) is 5.56 Å². The summed E-state index contributed by atoms with van der Waals surface area (Å²) in [6, 6.07) is 7.32. The fourth-order valence-corrected chi connectivity index (χ4v) is 1.90. The van der Waals surface area contributed by atoms with Gasteiger partial charge in [0.2, 0.25) is 0 Å². The van der Waals surface area contributed by atoms with Gasteiger partial charge in [-0.1, -0.05) is 24.4 Å². The molecule has 1 aromatic carbocycles. The van der Waals surface area contributed by atoms with Gasteiger partial charge in [0.1, 0.15) is 17.3 Å². The molecule has 1 aromatic heterocycles. The molecule has 2 aromatic rings. The summed E-state index contributed by atoms with van der Waals surface area (Å²) >= 11 is 4.96. The van der Waals surface area contributed by atoms with E-state index in [1.807, 2.05) is 24.3 Å². The van der Waals surface area contributed by atoms with E-state index < -0.39 is 0 Å². The number of ether oxygens (including phenoxy) is 1. The van der Waals surface area contributed by atoms with E-state index in [0.717, 1.165) is 0 Å². The fourth-order valence-electron chi connectivity index (χ4n) is 1.73. The lowest BCUT2D eigenvalue weighted by atomic mass is 10.2. The highest BCUT2D eigenvalue weighted by Gasteiger charge is 2.05. The third-order valence-electron chi connectivity index (χ3n) is 2.76. The SMILES string of the molecule is Cn1ccn(CCOc2ccccc2C(N)=S)c1=O. The lowest BCUT2D eigenvalue weighted by Gasteiger charge is -2.10. The number of imidazole rings is 1. The number of aromatic nitrogens is 2. The summed E-state index contributed by atoms with van der Waals surface area (Å²) in [4.78, 5) is 11.9. The summed E-state index contributed by atoms with van der Waals surface area (Å²) in [5, 5.41) is 0. The highest BCUT2D eigenvalue weighted by molar-refractivity contribution is 7.80. The second-order valence-corrected chi connectivity index (χ2v) is 4.53. The predicted octanol–water partition coefficient (Wildman–Crippen LogP) is 0.900. The van der Waals surface area contributed by atoms with Crippen molar-refractivity contribution >= 4 is 17.2 Å². The Hall–Kier alpha value is -2.08. The van der Waals surface area contributed by atoms with E-state index in [1.165, 1.54) is 4.57 Å². The molecule has 0 aliphatic rings. The standard InChI is InChI=1S/C13H15N3O2S/c1-15-6-7-16(13(15)17)8-9-18-11-5-3-2-4-10(11)12(14)19/h2-7H,8-9H2,1H3,(H2,14,19). The highest BCUT2D eigenvalue weighted by Crippen LogP contribution is 2.17. The van der Waals surface area contributed by atoms with Crippen molar-refractivity contribution in [3.05, 3.63) is 52.7 Å². The first-order chi connectivity index (χ1) is 9.09. The first-order valence-electron chi connectivity index (χ1n) is 5.83. The molecule has 0 saturated heterocycles. The summed E-state index contributed by atoms with van der Waals surface area (Å²) in [5.41, 5.74) is 6.26. The molecule has 0 amide bonds. The van der Waals surface area contributed by atoms with Gasteiger partial charge in [0.05, 0.1) is 12.1 Å². The molecule has 0 bridgehead atoms. The van der Waals surface area contributed by atoms with Crippen LogP contribution >= 0.6 is 12.2 Å². The Kier molecular flexibility index (Phi) is 4.01. The molecule has 0 spiro atoms. The molecule has 0 atom stereocenters. The number of para-hydroxylation sites is 1. The minimum atomic E-state index is -0.0637. The van der Waals surface area contributed by atoms with Crippen LogP contribution in [0, 0.1) is 0 Å². The largest absolute Gasteiger partial charge is 0.491 e. The van der Waals surface area contributed by atoms with Crippen LogP contribution in [0.25, 0.3) is 0 Å². The minimum Gasteiger partial charge on any atom is -0.491 e. The van der Waals surface area contributed by atoms with Crippen LogP contribution in [-0.4, -0.2) is 20.7 Å². The second-order valence-electron chi connectivity index (χ2n) is 4.09. The number of hydrogen-bond donors (Lipinski definition) is 1. The molecule has 2 rings (SSSR count).